The van der Waals surface area contributed by atoms with Gasteiger partial charge in [-0.3, -0.25) is 5.41 Å². The summed E-state index contributed by atoms with van der Waals surface area (Å²) in [5.41, 5.74) is 0. The Bertz CT molecular complexity index is 310. The van der Waals surface area contributed by atoms with Crippen molar-refractivity contribution in [3.05, 3.63) is 0 Å². The second-order valence-electron chi connectivity index (χ2n) is 3.64. The first kappa shape index (κ1) is 16.2. The van der Waals surface area contributed by atoms with Crippen molar-refractivity contribution in [3.63, 3.8) is 0 Å². The van der Waals surface area contributed by atoms with E-state index >= 15 is 0 Å². The summed E-state index contributed by atoms with van der Waals surface area (Å²) in [5.74, 6) is -0.822. The molecular formula is C8H12Cl3NO6. The molecule has 18 heavy (non-hydrogen) atoms. The van der Waals surface area contributed by atoms with Crippen molar-refractivity contribution < 1.29 is 29.9 Å². The van der Waals surface area contributed by atoms with Gasteiger partial charge >= 0.3 is 0 Å². The number of rotatable bonds is 2. The molecule has 1 rings (SSSR count). The summed E-state index contributed by atoms with van der Waals surface area (Å²) in [4.78, 5) is 0. The number of ether oxygens (including phenoxy) is 2. The lowest BCUT2D eigenvalue weighted by atomic mass is 9.99. The lowest BCUT2D eigenvalue weighted by Crippen LogP contribution is -2.59. The van der Waals surface area contributed by atoms with Crippen LogP contribution >= 0.6 is 34.8 Å². The molecule has 0 aromatic heterocycles. The molecule has 0 aromatic rings. The third-order valence-electron chi connectivity index (χ3n) is 2.34. The zero-order chi connectivity index (χ0) is 14.1. The molecule has 1 aliphatic heterocycles. The minimum absolute atomic E-state index is 0.619. The van der Waals surface area contributed by atoms with Gasteiger partial charge in [0.05, 0.1) is 6.61 Å². The van der Waals surface area contributed by atoms with Gasteiger partial charge in [-0.15, -0.1) is 0 Å². The lowest BCUT2D eigenvalue weighted by Gasteiger charge is -2.39. The molecule has 1 aliphatic rings. The van der Waals surface area contributed by atoms with E-state index in [-0.39, 0.29) is 0 Å². The standard InChI is InChI=1S/C8H12Cl3NO6/c9-8(10,11)7(12)18-6-5(16)4(15)3(14)2(1-13)17-6/h2-6,12-16H,1H2/t2-,3+,4-,5-,6?/m1/s1. The molecule has 0 amide bonds. The average Bonchev–Trinajstić information content (AvgIpc) is 2.28. The fourth-order valence-electron chi connectivity index (χ4n) is 1.35. The van der Waals surface area contributed by atoms with E-state index in [1.165, 1.54) is 0 Å². The summed E-state index contributed by atoms with van der Waals surface area (Å²) in [7, 11) is 0. The second-order valence-corrected chi connectivity index (χ2v) is 5.92. The highest BCUT2D eigenvalue weighted by Gasteiger charge is 2.46. The first-order chi connectivity index (χ1) is 8.18. The summed E-state index contributed by atoms with van der Waals surface area (Å²) >= 11 is 16.1. The van der Waals surface area contributed by atoms with Gasteiger partial charge in [0.1, 0.15) is 24.4 Å². The fourth-order valence-corrected chi connectivity index (χ4v) is 1.48. The highest BCUT2D eigenvalue weighted by Crippen LogP contribution is 2.30. The summed E-state index contributed by atoms with van der Waals surface area (Å²) in [6.45, 7) is -0.619. The number of halogens is 3. The highest BCUT2D eigenvalue weighted by molar-refractivity contribution is 6.76. The van der Waals surface area contributed by atoms with E-state index in [9.17, 15) is 15.3 Å². The number of aliphatic hydroxyl groups is 4. The number of nitrogens with one attached hydrogen (secondary N) is 1. The molecule has 0 radical (unpaired) electrons. The Morgan fingerprint density at radius 2 is 1.72 bits per heavy atom. The Kier molecular flexibility index (Phi) is 5.45. The van der Waals surface area contributed by atoms with Crippen molar-refractivity contribution in [1.29, 1.82) is 5.41 Å². The molecule has 1 fully saturated rings. The van der Waals surface area contributed by atoms with Gasteiger partial charge in [0.25, 0.3) is 3.79 Å². The molecule has 0 bridgehead atoms. The van der Waals surface area contributed by atoms with Crippen molar-refractivity contribution in [2.24, 2.45) is 0 Å². The van der Waals surface area contributed by atoms with Gasteiger partial charge in [0, 0.05) is 0 Å². The molecule has 5 atom stereocenters. The maximum atomic E-state index is 9.57. The van der Waals surface area contributed by atoms with Crippen LogP contribution in [0.3, 0.4) is 0 Å². The molecule has 0 saturated carbocycles. The van der Waals surface area contributed by atoms with Crippen LogP contribution in [-0.4, -0.2) is 67.4 Å². The topological polar surface area (TPSA) is 123 Å². The average molecular weight is 325 g/mol. The monoisotopic (exact) mass is 323 g/mol. The predicted octanol–water partition coefficient (Wildman–Crippen LogP) is -0.850. The van der Waals surface area contributed by atoms with Gasteiger partial charge < -0.3 is 29.9 Å². The van der Waals surface area contributed by atoms with Crippen LogP contribution in [0.2, 0.25) is 0 Å². The minimum Gasteiger partial charge on any atom is -0.445 e. The van der Waals surface area contributed by atoms with Crippen LogP contribution in [-0.2, 0) is 9.47 Å². The molecule has 0 aliphatic carbocycles. The number of hydrogen-bond acceptors (Lipinski definition) is 7. The molecule has 1 heterocycles. The molecule has 5 N–H and O–H groups in total. The Hall–Kier alpha value is 0.140. The van der Waals surface area contributed by atoms with E-state index < -0.39 is 47.0 Å². The third kappa shape index (κ3) is 3.58. The quantitative estimate of drug-likeness (QED) is 0.256. The smallest absolute Gasteiger partial charge is 0.265 e. The SMILES string of the molecule is N=C(OC1O[C@H](CO)[C@H](O)[C@@H](O)[C@H]1O)C(Cl)(Cl)Cl. The van der Waals surface area contributed by atoms with Crippen LogP contribution in [0.5, 0.6) is 0 Å². The predicted molar refractivity (Wildman–Crippen MR) is 62.9 cm³/mol. The van der Waals surface area contributed by atoms with E-state index in [1.807, 2.05) is 0 Å². The number of alkyl halides is 3. The van der Waals surface area contributed by atoms with Crippen molar-refractivity contribution in [2.45, 2.75) is 34.5 Å². The van der Waals surface area contributed by atoms with Gasteiger partial charge in [0.15, 0.2) is 0 Å². The Balaban J connectivity index is 2.74. The van der Waals surface area contributed by atoms with Crippen molar-refractivity contribution >= 4 is 40.7 Å². The van der Waals surface area contributed by atoms with Crippen LogP contribution in [0.15, 0.2) is 0 Å². The summed E-state index contributed by atoms with van der Waals surface area (Å²) in [6, 6.07) is 0. The van der Waals surface area contributed by atoms with Crippen LogP contribution in [0, 0.1) is 5.41 Å². The maximum Gasteiger partial charge on any atom is 0.265 e. The zero-order valence-electron chi connectivity index (χ0n) is 8.83. The van der Waals surface area contributed by atoms with Gasteiger partial charge in [-0.2, -0.15) is 0 Å². The Labute approximate surface area is 117 Å². The van der Waals surface area contributed by atoms with Gasteiger partial charge in [-0.05, 0) is 0 Å². The maximum absolute atomic E-state index is 9.57. The minimum atomic E-state index is -2.15. The Morgan fingerprint density at radius 1 is 1.17 bits per heavy atom. The number of aliphatic hydroxyl groups excluding tert-OH is 4. The second kappa shape index (κ2) is 6.06. The molecule has 10 heteroatoms. The summed E-state index contributed by atoms with van der Waals surface area (Å²) < 4.78 is 7.55. The van der Waals surface area contributed by atoms with Crippen molar-refractivity contribution in [1.82, 2.24) is 0 Å². The normalized spacial score (nSPS) is 37.4. The van der Waals surface area contributed by atoms with Crippen LogP contribution in [0.25, 0.3) is 0 Å². The van der Waals surface area contributed by atoms with Crippen molar-refractivity contribution in [2.75, 3.05) is 6.61 Å². The summed E-state index contributed by atoms with van der Waals surface area (Å²) in [6.07, 6.45) is -7.49. The van der Waals surface area contributed by atoms with E-state index in [4.69, 9.17) is 54.8 Å². The first-order valence-electron chi connectivity index (χ1n) is 4.81. The molecule has 1 unspecified atom stereocenters. The molecule has 7 nitrogen and oxygen atoms in total. The highest BCUT2D eigenvalue weighted by atomic mass is 35.6. The molecule has 0 aromatic carbocycles. The van der Waals surface area contributed by atoms with Gasteiger partial charge in [-0.1, -0.05) is 34.8 Å². The van der Waals surface area contributed by atoms with E-state index in [2.05, 4.69) is 0 Å². The van der Waals surface area contributed by atoms with Crippen LogP contribution in [0.1, 0.15) is 0 Å². The van der Waals surface area contributed by atoms with E-state index in [0.29, 0.717) is 0 Å². The van der Waals surface area contributed by atoms with Gasteiger partial charge in [-0.25, -0.2) is 0 Å². The Morgan fingerprint density at radius 3 is 2.17 bits per heavy atom. The lowest BCUT2D eigenvalue weighted by molar-refractivity contribution is -0.281. The van der Waals surface area contributed by atoms with E-state index in [0.717, 1.165) is 0 Å². The number of hydrogen-bond donors (Lipinski definition) is 5. The third-order valence-corrected chi connectivity index (χ3v) is 2.85. The molecule has 106 valence electrons. The molecule has 1 saturated heterocycles. The van der Waals surface area contributed by atoms with E-state index in [1.54, 1.807) is 0 Å². The van der Waals surface area contributed by atoms with Gasteiger partial charge in [0.2, 0.25) is 12.2 Å². The zero-order valence-corrected chi connectivity index (χ0v) is 11.1. The fraction of sp³-hybridized carbons (Fsp3) is 0.875. The summed E-state index contributed by atoms with van der Waals surface area (Å²) in [5, 5.41) is 44.7. The molecular weight excluding hydrogens is 312 g/mol. The largest absolute Gasteiger partial charge is 0.445 e. The van der Waals surface area contributed by atoms with Crippen molar-refractivity contribution in [3.8, 4) is 0 Å². The first-order valence-corrected chi connectivity index (χ1v) is 5.94. The van der Waals surface area contributed by atoms with Crippen LogP contribution < -0.4 is 0 Å². The van der Waals surface area contributed by atoms with Crippen LogP contribution in [0.4, 0.5) is 0 Å². The molecule has 0 spiro atoms.